The first-order chi connectivity index (χ1) is 7.02. The third kappa shape index (κ3) is 3.00. The number of rotatable bonds is 4. The van der Waals surface area contributed by atoms with Gasteiger partial charge in [-0.2, -0.15) is 0 Å². The summed E-state index contributed by atoms with van der Waals surface area (Å²) in [6.07, 6.45) is 2.48. The fraction of sp³-hybridized carbons (Fsp3) is 0.700. The minimum atomic E-state index is -3.02. The summed E-state index contributed by atoms with van der Waals surface area (Å²) in [5.74, 6) is 0.148. The van der Waals surface area contributed by atoms with Crippen molar-refractivity contribution in [1.82, 2.24) is 0 Å². The van der Waals surface area contributed by atoms with Crippen molar-refractivity contribution in [2.75, 3.05) is 20.4 Å². The molecular weight excluding hydrogens is 215 g/mol. The summed E-state index contributed by atoms with van der Waals surface area (Å²) in [5.41, 5.74) is 1.65. The molecule has 0 radical (unpaired) electrons. The van der Waals surface area contributed by atoms with E-state index in [0.717, 1.165) is 24.0 Å². The van der Waals surface area contributed by atoms with E-state index in [1.54, 1.807) is 6.92 Å². The van der Waals surface area contributed by atoms with E-state index >= 15 is 0 Å². The van der Waals surface area contributed by atoms with Crippen LogP contribution < -0.4 is 0 Å². The molecule has 0 saturated carbocycles. The van der Waals surface area contributed by atoms with E-state index in [0.29, 0.717) is 6.42 Å². The molecule has 0 fully saturated rings. The second-order valence-electron chi connectivity index (χ2n) is 3.64. The highest BCUT2D eigenvalue weighted by Crippen LogP contribution is 2.49. The summed E-state index contributed by atoms with van der Waals surface area (Å²) in [6, 6.07) is 0. The van der Waals surface area contributed by atoms with Crippen LogP contribution in [-0.2, 0) is 18.4 Å². The second kappa shape index (κ2) is 5.06. The highest BCUT2D eigenvalue weighted by Gasteiger charge is 2.27. The van der Waals surface area contributed by atoms with Gasteiger partial charge in [0.05, 0.1) is 6.16 Å². The van der Waals surface area contributed by atoms with Crippen LogP contribution in [0.3, 0.4) is 0 Å². The zero-order valence-electron chi connectivity index (χ0n) is 9.41. The molecule has 0 aromatic carbocycles. The van der Waals surface area contributed by atoms with Crippen molar-refractivity contribution in [2.24, 2.45) is 0 Å². The van der Waals surface area contributed by atoms with Crippen LogP contribution >= 0.6 is 7.60 Å². The highest BCUT2D eigenvalue weighted by molar-refractivity contribution is 7.54. The Labute approximate surface area is 90.2 Å². The molecule has 1 aliphatic carbocycles. The van der Waals surface area contributed by atoms with Crippen molar-refractivity contribution in [3.8, 4) is 0 Å². The Kier molecular flexibility index (Phi) is 4.26. The SMILES string of the molecule is COP(=O)(CC1=C(C)C(=O)CCC1)OC. The summed E-state index contributed by atoms with van der Waals surface area (Å²) in [7, 11) is -0.292. The highest BCUT2D eigenvalue weighted by atomic mass is 31.2. The van der Waals surface area contributed by atoms with E-state index in [-0.39, 0.29) is 11.9 Å². The third-order valence-corrected chi connectivity index (χ3v) is 4.65. The Balaban J connectivity index is 2.85. The maximum Gasteiger partial charge on any atom is 0.334 e. The van der Waals surface area contributed by atoms with Crippen LogP contribution in [0, 0.1) is 0 Å². The summed E-state index contributed by atoms with van der Waals surface area (Å²) in [6.45, 7) is 1.78. The quantitative estimate of drug-likeness (QED) is 0.699. The summed E-state index contributed by atoms with van der Waals surface area (Å²) < 4.78 is 21.6. The largest absolute Gasteiger partial charge is 0.334 e. The van der Waals surface area contributed by atoms with E-state index < -0.39 is 7.60 Å². The lowest BCUT2D eigenvalue weighted by Gasteiger charge is -2.20. The standard InChI is InChI=1S/C10H17O4P/c1-8-9(5-4-6-10(8)11)7-15(12,13-2)14-3/h4-7H2,1-3H3. The van der Waals surface area contributed by atoms with Crippen LogP contribution in [0.25, 0.3) is 0 Å². The number of allylic oxidation sites excluding steroid dienone is 2. The maximum atomic E-state index is 11.9. The van der Waals surface area contributed by atoms with Gasteiger partial charge in [-0.25, -0.2) is 0 Å². The van der Waals surface area contributed by atoms with Crippen molar-refractivity contribution in [2.45, 2.75) is 26.2 Å². The normalized spacial score (nSPS) is 18.5. The van der Waals surface area contributed by atoms with E-state index in [4.69, 9.17) is 9.05 Å². The maximum absolute atomic E-state index is 11.9. The second-order valence-corrected chi connectivity index (χ2v) is 5.91. The van der Waals surface area contributed by atoms with Gasteiger partial charge >= 0.3 is 7.60 Å². The first-order valence-electron chi connectivity index (χ1n) is 4.95. The van der Waals surface area contributed by atoms with Gasteiger partial charge in [-0.15, -0.1) is 0 Å². The zero-order valence-corrected chi connectivity index (χ0v) is 10.3. The number of carbonyl (C=O) groups excluding carboxylic acids is 1. The molecule has 0 aliphatic heterocycles. The molecule has 4 nitrogen and oxygen atoms in total. The van der Waals surface area contributed by atoms with Gasteiger partial charge in [0.15, 0.2) is 5.78 Å². The summed E-state index contributed by atoms with van der Waals surface area (Å²) in [4.78, 5) is 11.4. The fourth-order valence-corrected chi connectivity index (χ4v) is 2.94. The molecule has 0 amide bonds. The number of ketones is 1. The number of Topliss-reactive ketones (excluding diaryl/α,β-unsaturated/α-hetero) is 1. The van der Waals surface area contributed by atoms with Crippen LogP contribution in [-0.4, -0.2) is 26.2 Å². The average Bonchev–Trinajstić information content (AvgIpc) is 2.25. The molecule has 0 saturated heterocycles. The van der Waals surface area contributed by atoms with Gasteiger partial charge in [-0.3, -0.25) is 9.36 Å². The Morgan fingerprint density at radius 1 is 1.27 bits per heavy atom. The van der Waals surface area contributed by atoms with Gasteiger partial charge in [0, 0.05) is 20.6 Å². The molecule has 0 atom stereocenters. The van der Waals surface area contributed by atoms with Crippen LogP contribution in [0.1, 0.15) is 26.2 Å². The minimum Gasteiger partial charge on any atom is -0.312 e. The van der Waals surface area contributed by atoms with Gasteiger partial charge in [0.2, 0.25) is 0 Å². The molecule has 0 bridgehead atoms. The van der Waals surface area contributed by atoms with Crippen molar-refractivity contribution in [3.63, 3.8) is 0 Å². The minimum absolute atomic E-state index is 0.148. The van der Waals surface area contributed by atoms with Gasteiger partial charge in [-0.1, -0.05) is 5.57 Å². The Morgan fingerprint density at radius 2 is 1.87 bits per heavy atom. The van der Waals surface area contributed by atoms with Gasteiger partial charge < -0.3 is 9.05 Å². The van der Waals surface area contributed by atoms with Crippen molar-refractivity contribution in [1.29, 1.82) is 0 Å². The Hall–Kier alpha value is -0.440. The smallest absolute Gasteiger partial charge is 0.312 e. The first-order valence-corrected chi connectivity index (χ1v) is 6.67. The third-order valence-electron chi connectivity index (χ3n) is 2.77. The first kappa shape index (κ1) is 12.6. The predicted octanol–water partition coefficient (Wildman–Crippen LogP) is 2.54. The van der Waals surface area contributed by atoms with E-state index in [9.17, 15) is 9.36 Å². The molecule has 0 N–H and O–H groups in total. The summed E-state index contributed by atoms with van der Waals surface area (Å²) in [5, 5.41) is 0. The molecule has 0 aromatic rings. The Bertz CT molecular complexity index is 324. The van der Waals surface area contributed by atoms with Crippen LogP contribution in [0.2, 0.25) is 0 Å². The molecule has 0 unspecified atom stereocenters. The topological polar surface area (TPSA) is 52.6 Å². The molecular formula is C10H17O4P. The lowest BCUT2D eigenvalue weighted by molar-refractivity contribution is -0.116. The van der Waals surface area contributed by atoms with Crippen LogP contribution in [0.15, 0.2) is 11.1 Å². The molecule has 0 heterocycles. The van der Waals surface area contributed by atoms with Crippen molar-refractivity contribution < 1.29 is 18.4 Å². The molecule has 86 valence electrons. The van der Waals surface area contributed by atoms with Crippen molar-refractivity contribution in [3.05, 3.63) is 11.1 Å². The van der Waals surface area contributed by atoms with Crippen LogP contribution in [0.4, 0.5) is 0 Å². The van der Waals surface area contributed by atoms with Gasteiger partial charge in [0.25, 0.3) is 0 Å². The van der Waals surface area contributed by atoms with Gasteiger partial charge in [0.1, 0.15) is 0 Å². The lowest BCUT2D eigenvalue weighted by atomic mass is 9.93. The molecule has 1 aliphatic rings. The lowest BCUT2D eigenvalue weighted by Crippen LogP contribution is -2.12. The zero-order chi connectivity index (χ0) is 11.5. The van der Waals surface area contributed by atoms with Gasteiger partial charge in [-0.05, 0) is 25.3 Å². The molecule has 1 rings (SSSR count). The fourth-order valence-electron chi connectivity index (χ4n) is 1.67. The monoisotopic (exact) mass is 232 g/mol. The van der Waals surface area contributed by atoms with Crippen LogP contribution in [0.5, 0.6) is 0 Å². The number of hydrogen-bond donors (Lipinski definition) is 0. The molecule has 0 aromatic heterocycles. The molecule has 5 heteroatoms. The van der Waals surface area contributed by atoms with E-state index in [2.05, 4.69) is 0 Å². The molecule has 15 heavy (non-hydrogen) atoms. The molecule has 0 spiro atoms. The number of hydrogen-bond acceptors (Lipinski definition) is 4. The number of carbonyl (C=O) groups is 1. The predicted molar refractivity (Wildman–Crippen MR) is 58.0 cm³/mol. The summed E-state index contributed by atoms with van der Waals surface area (Å²) >= 11 is 0. The van der Waals surface area contributed by atoms with E-state index in [1.165, 1.54) is 14.2 Å². The van der Waals surface area contributed by atoms with E-state index in [1.807, 2.05) is 0 Å². The van der Waals surface area contributed by atoms with Crippen molar-refractivity contribution >= 4 is 13.4 Å². The Morgan fingerprint density at radius 3 is 2.40 bits per heavy atom. The average molecular weight is 232 g/mol.